The molecule has 0 bridgehead atoms. The second-order valence-corrected chi connectivity index (χ2v) is 3.21. The van der Waals surface area contributed by atoms with Gasteiger partial charge in [-0.25, -0.2) is 8.78 Å². The molecular formula is C10H13F2NO. The lowest BCUT2D eigenvalue weighted by Crippen LogP contribution is -2.20. The Balaban J connectivity index is 2.58. The van der Waals surface area contributed by atoms with Gasteiger partial charge >= 0.3 is 0 Å². The highest BCUT2D eigenvalue weighted by Crippen LogP contribution is 2.10. The average Bonchev–Trinajstić information content (AvgIpc) is 2.12. The summed E-state index contributed by atoms with van der Waals surface area (Å²) in [6.07, 6.45) is 0.230. The van der Waals surface area contributed by atoms with Gasteiger partial charge in [0.15, 0.2) is 0 Å². The standard InChI is InChI=1S/C10H13F2NO/c11-8-3-7(4-9(12)5-8)1-2-10(14)6-13/h3-5,10,14H,1-2,6,13H2/t10-/m0/s1. The van der Waals surface area contributed by atoms with Crippen molar-refractivity contribution >= 4 is 0 Å². The highest BCUT2D eigenvalue weighted by molar-refractivity contribution is 5.17. The lowest BCUT2D eigenvalue weighted by molar-refractivity contribution is 0.173. The molecule has 3 N–H and O–H groups in total. The van der Waals surface area contributed by atoms with Crippen LogP contribution in [0.15, 0.2) is 18.2 Å². The fraction of sp³-hybridized carbons (Fsp3) is 0.400. The molecule has 0 saturated carbocycles. The lowest BCUT2D eigenvalue weighted by atomic mass is 10.1. The molecule has 0 aliphatic carbocycles. The molecule has 1 rings (SSSR count). The first-order valence-electron chi connectivity index (χ1n) is 4.45. The molecule has 1 aromatic carbocycles. The van der Waals surface area contributed by atoms with E-state index in [1.807, 2.05) is 0 Å². The molecule has 0 unspecified atom stereocenters. The van der Waals surface area contributed by atoms with E-state index >= 15 is 0 Å². The molecule has 0 aliphatic heterocycles. The van der Waals surface area contributed by atoms with E-state index in [4.69, 9.17) is 10.8 Å². The third-order valence-electron chi connectivity index (χ3n) is 1.96. The number of aliphatic hydroxyl groups is 1. The number of aryl methyl sites for hydroxylation is 1. The van der Waals surface area contributed by atoms with Crippen molar-refractivity contribution in [2.24, 2.45) is 5.73 Å². The molecular weight excluding hydrogens is 188 g/mol. The summed E-state index contributed by atoms with van der Waals surface area (Å²) >= 11 is 0. The van der Waals surface area contributed by atoms with Crippen LogP contribution in [0, 0.1) is 11.6 Å². The number of aliphatic hydroxyl groups excluding tert-OH is 1. The Morgan fingerprint density at radius 1 is 1.21 bits per heavy atom. The lowest BCUT2D eigenvalue weighted by Gasteiger charge is -2.07. The van der Waals surface area contributed by atoms with E-state index in [9.17, 15) is 8.78 Å². The van der Waals surface area contributed by atoms with Gasteiger partial charge in [0.05, 0.1) is 6.10 Å². The molecule has 78 valence electrons. The normalized spacial score (nSPS) is 12.9. The Morgan fingerprint density at radius 3 is 2.29 bits per heavy atom. The van der Waals surface area contributed by atoms with E-state index in [1.54, 1.807) is 0 Å². The highest BCUT2D eigenvalue weighted by atomic mass is 19.1. The van der Waals surface area contributed by atoms with Gasteiger partial charge in [-0.05, 0) is 30.5 Å². The Bertz CT molecular complexity index is 284. The molecule has 0 fully saturated rings. The quantitative estimate of drug-likeness (QED) is 0.769. The van der Waals surface area contributed by atoms with E-state index in [1.165, 1.54) is 12.1 Å². The van der Waals surface area contributed by atoms with Gasteiger partial charge in [0.1, 0.15) is 11.6 Å². The minimum atomic E-state index is -0.610. The summed E-state index contributed by atoms with van der Waals surface area (Å²) in [5, 5.41) is 9.15. The molecule has 4 heteroatoms. The number of hydrogen-bond donors (Lipinski definition) is 2. The van der Waals surface area contributed by atoms with Crippen LogP contribution in [-0.4, -0.2) is 17.8 Å². The third kappa shape index (κ3) is 3.40. The molecule has 0 spiro atoms. The molecule has 0 amide bonds. The van der Waals surface area contributed by atoms with Crippen molar-refractivity contribution in [3.05, 3.63) is 35.4 Å². The van der Waals surface area contributed by atoms with Gasteiger partial charge in [0.25, 0.3) is 0 Å². The topological polar surface area (TPSA) is 46.2 Å². The molecule has 2 nitrogen and oxygen atoms in total. The van der Waals surface area contributed by atoms with Crippen LogP contribution >= 0.6 is 0 Å². The van der Waals surface area contributed by atoms with Crippen LogP contribution in [0.1, 0.15) is 12.0 Å². The minimum Gasteiger partial charge on any atom is -0.392 e. The molecule has 14 heavy (non-hydrogen) atoms. The van der Waals surface area contributed by atoms with E-state index in [0.29, 0.717) is 18.4 Å². The largest absolute Gasteiger partial charge is 0.392 e. The Morgan fingerprint density at radius 2 is 1.79 bits per heavy atom. The molecule has 0 heterocycles. The number of nitrogens with two attached hydrogens (primary N) is 1. The maximum Gasteiger partial charge on any atom is 0.126 e. The maximum atomic E-state index is 12.7. The van der Waals surface area contributed by atoms with Crippen LogP contribution in [0.3, 0.4) is 0 Å². The minimum absolute atomic E-state index is 0.164. The van der Waals surface area contributed by atoms with Crippen molar-refractivity contribution in [2.75, 3.05) is 6.54 Å². The summed E-state index contributed by atoms with van der Waals surface area (Å²) in [7, 11) is 0. The SMILES string of the molecule is NC[C@@H](O)CCc1cc(F)cc(F)c1. The summed E-state index contributed by atoms with van der Waals surface area (Å²) in [6, 6.07) is 3.33. The van der Waals surface area contributed by atoms with Gasteiger partial charge in [-0.2, -0.15) is 0 Å². The third-order valence-corrected chi connectivity index (χ3v) is 1.96. The second kappa shape index (κ2) is 5.02. The summed E-state index contributed by atoms with van der Waals surface area (Å²) < 4.78 is 25.4. The first kappa shape index (κ1) is 11.1. The zero-order valence-electron chi connectivity index (χ0n) is 7.71. The van der Waals surface area contributed by atoms with Crippen LogP contribution in [0.5, 0.6) is 0 Å². The zero-order valence-corrected chi connectivity index (χ0v) is 7.71. The maximum absolute atomic E-state index is 12.7. The van der Waals surface area contributed by atoms with Gasteiger partial charge in [0.2, 0.25) is 0 Å². The van der Waals surface area contributed by atoms with Gasteiger partial charge in [-0.15, -0.1) is 0 Å². The Hall–Kier alpha value is -1.00. The first-order chi connectivity index (χ1) is 6.61. The van der Waals surface area contributed by atoms with Gasteiger partial charge < -0.3 is 10.8 Å². The smallest absolute Gasteiger partial charge is 0.126 e. The van der Waals surface area contributed by atoms with Gasteiger partial charge in [-0.1, -0.05) is 0 Å². The molecule has 0 aromatic heterocycles. The summed E-state index contributed by atoms with van der Waals surface area (Å²) in [4.78, 5) is 0. The highest BCUT2D eigenvalue weighted by Gasteiger charge is 2.04. The molecule has 1 atom stereocenters. The zero-order chi connectivity index (χ0) is 10.6. The Kier molecular flexibility index (Phi) is 3.98. The van der Waals surface area contributed by atoms with Crippen LogP contribution in [0.2, 0.25) is 0 Å². The first-order valence-corrected chi connectivity index (χ1v) is 4.45. The van der Waals surface area contributed by atoms with E-state index in [-0.39, 0.29) is 6.54 Å². The van der Waals surface area contributed by atoms with E-state index < -0.39 is 17.7 Å². The van der Waals surface area contributed by atoms with E-state index in [2.05, 4.69) is 0 Å². The Labute approximate surface area is 81.4 Å². The summed E-state index contributed by atoms with van der Waals surface area (Å²) in [6.45, 7) is 0.164. The predicted molar refractivity (Wildman–Crippen MR) is 49.7 cm³/mol. The van der Waals surface area contributed by atoms with Crippen molar-refractivity contribution in [2.45, 2.75) is 18.9 Å². The van der Waals surface area contributed by atoms with Crippen molar-refractivity contribution in [1.29, 1.82) is 0 Å². The van der Waals surface area contributed by atoms with Crippen LogP contribution in [-0.2, 0) is 6.42 Å². The fourth-order valence-electron chi connectivity index (χ4n) is 1.21. The fourth-order valence-corrected chi connectivity index (χ4v) is 1.21. The van der Waals surface area contributed by atoms with Crippen molar-refractivity contribution in [3.63, 3.8) is 0 Å². The number of rotatable bonds is 4. The van der Waals surface area contributed by atoms with Crippen molar-refractivity contribution in [3.8, 4) is 0 Å². The second-order valence-electron chi connectivity index (χ2n) is 3.21. The molecule has 0 radical (unpaired) electrons. The van der Waals surface area contributed by atoms with Gasteiger partial charge in [-0.3, -0.25) is 0 Å². The van der Waals surface area contributed by atoms with Crippen LogP contribution in [0.25, 0.3) is 0 Å². The number of halogens is 2. The van der Waals surface area contributed by atoms with Crippen molar-refractivity contribution < 1.29 is 13.9 Å². The molecule has 1 aromatic rings. The number of benzene rings is 1. The molecule has 0 aliphatic rings. The van der Waals surface area contributed by atoms with E-state index in [0.717, 1.165) is 6.07 Å². The van der Waals surface area contributed by atoms with Crippen LogP contribution < -0.4 is 5.73 Å². The van der Waals surface area contributed by atoms with Crippen LogP contribution in [0.4, 0.5) is 8.78 Å². The monoisotopic (exact) mass is 201 g/mol. The van der Waals surface area contributed by atoms with Crippen molar-refractivity contribution in [1.82, 2.24) is 0 Å². The average molecular weight is 201 g/mol. The summed E-state index contributed by atoms with van der Waals surface area (Å²) in [5.41, 5.74) is 5.73. The molecule has 0 saturated heterocycles. The van der Waals surface area contributed by atoms with Gasteiger partial charge in [0, 0.05) is 12.6 Å². The number of hydrogen-bond acceptors (Lipinski definition) is 2. The predicted octanol–water partition coefficient (Wildman–Crippen LogP) is 1.22. The summed E-state index contributed by atoms with van der Waals surface area (Å²) in [5.74, 6) is -1.19.